The number of hydrogen-bond donors (Lipinski definition) is 1. The van der Waals surface area contributed by atoms with Crippen LogP contribution in [0.5, 0.6) is 0 Å². The molecular formula is C30H36FN3O4S. The molecule has 7 nitrogen and oxygen atoms in total. The van der Waals surface area contributed by atoms with E-state index in [1.165, 1.54) is 41.3 Å². The lowest BCUT2D eigenvalue weighted by Gasteiger charge is -2.32. The number of benzene rings is 3. The number of rotatable bonds is 10. The first kappa shape index (κ1) is 29.8. The van der Waals surface area contributed by atoms with Gasteiger partial charge in [0.25, 0.3) is 10.0 Å². The minimum absolute atomic E-state index is 0.00288. The van der Waals surface area contributed by atoms with Gasteiger partial charge in [0.1, 0.15) is 18.4 Å². The summed E-state index contributed by atoms with van der Waals surface area (Å²) in [4.78, 5) is 28.2. The second-order valence-electron chi connectivity index (χ2n) is 10.1. The maximum Gasteiger partial charge on any atom is 0.264 e. The van der Waals surface area contributed by atoms with E-state index in [0.717, 1.165) is 15.4 Å². The number of hydrogen-bond acceptors (Lipinski definition) is 4. The van der Waals surface area contributed by atoms with Crippen molar-refractivity contribution in [2.24, 2.45) is 0 Å². The summed E-state index contributed by atoms with van der Waals surface area (Å²) < 4.78 is 42.5. The maximum atomic E-state index is 13.9. The Kier molecular flexibility index (Phi) is 9.50. The van der Waals surface area contributed by atoms with Gasteiger partial charge in [-0.2, -0.15) is 0 Å². The molecule has 0 radical (unpaired) electrons. The van der Waals surface area contributed by atoms with Gasteiger partial charge in [-0.15, -0.1) is 0 Å². The molecule has 0 fully saturated rings. The topological polar surface area (TPSA) is 86.8 Å². The highest BCUT2D eigenvalue weighted by Gasteiger charge is 2.33. The molecule has 1 atom stereocenters. The summed E-state index contributed by atoms with van der Waals surface area (Å²) in [6.07, 6.45) is 0. The van der Waals surface area contributed by atoms with Crippen LogP contribution in [0.1, 0.15) is 43.0 Å². The van der Waals surface area contributed by atoms with Gasteiger partial charge < -0.3 is 10.2 Å². The van der Waals surface area contributed by atoms with Crippen molar-refractivity contribution in [3.8, 4) is 0 Å². The lowest BCUT2D eigenvalue weighted by atomic mass is 10.1. The molecule has 2 amide bonds. The van der Waals surface area contributed by atoms with Crippen LogP contribution in [0.25, 0.3) is 0 Å². The lowest BCUT2D eigenvalue weighted by molar-refractivity contribution is -0.139. The first-order chi connectivity index (χ1) is 18.3. The molecule has 3 rings (SSSR count). The quantitative estimate of drug-likeness (QED) is 0.387. The molecule has 0 aliphatic carbocycles. The molecule has 0 spiro atoms. The number of amides is 2. The van der Waals surface area contributed by atoms with Gasteiger partial charge in [-0.1, -0.05) is 47.5 Å². The zero-order chi connectivity index (χ0) is 28.9. The van der Waals surface area contributed by atoms with Gasteiger partial charge in [-0.05, 0) is 83.0 Å². The minimum Gasteiger partial charge on any atom is -0.352 e. The third-order valence-corrected chi connectivity index (χ3v) is 8.15. The first-order valence-corrected chi connectivity index (χ1v) is 14.2. The largest absolute Gasteiger partial charge is 0.352 e. The summed E-state index contributed by atoms with van der Waals surface area (Å²) in [7, 11) is -4.14. The standard InChI is InChI=1S/C30H36FN3O4S/c1-20(2)32-30(36)24(6)33(18-25-10-12-26(31)13-11-25)29(35)19-34(28-16-9-22(4)17-23(28)5)39(37,38)27-14-7-21(3)8-15-27/h7-17,20,24H,18-19H2,1-6H3,(H,32,36). The minimum atomic E-state index is -4.14. The Balaban J connectivity index is 2.06. The van der Waals surface area contributed by atoms with Crippen molar-refractivity contribution in [2.45, 2.75) is 65.1 Å². The SMILES string of the molecule is Cc1ccc(S(=O)(=O)N(CC(=O)N(Cc2ccc(F)cc2)C(C)C(=O)NC(C)C)c2ccc(C)cc2C)cc1. The first-order valence-electron chi connectivity index (χ1n) is 12.8. The summed E-state index contributed by atoms with van der Waals surface area (Å²) in [5.74, 6) is -1.37. The molecule has 0 aromatic heterocycles. The van der Waals surface area contributed by atoms with Crippen LogP contribution in [0.2, 0.25) is 0 Å². The number of sulfonamides is 1. The number of anilines is 1. The van der Waals surface area contributed by atoms with Crippen molar-refractivity contribution in [3.63, 3.8) is 0 Å². The van der Waals surface area contributed by atoms with Crippen LogP contribution in [-0.2, 0) is 26.2 Å². The van der Waals surface area contributed by atoms with Gasteiger partial charge in [0.2, 0.25) is 11.8 Å². The Hall–Kier alpha value is -3.72. The summed E-state index contributed by atoms with van der Waals surface area (Å²) in [6.45, 7) is 10.2. The van der Waals surface area contributed by atoms with Crippen LogP contribution in [0.4, 0.5) is 10.1 Å². The number of aryl methyl sites for hydroxylation is 3. The van der Waals surface area contributed by atoms with Gasteiger partial charge in [0.05, 0.1) is 10.6 Å². The van der Waals surface area contributed by atoms with Crippen molar-refractivity contribution < 1.29 is 22.4 Å². The third-order valence-electron chi connectivity index (χ3n) is 6.37. The van der Waals surface area contributed by atoms with E-state index < -0.39 is 34.3 Å². The van der Waals surface area contributed by atoms with E-state index >= 15 is 0 Å². The van der Waals surface area contributed by atoms with E-state index in [4.69, 9.17) is 0 Å². The van der Waals surface area contributed by atoms with Gasteiger partial charge in [0.15, 0.2) is 0 Å². The number of halogens is 1. The monoisotopic (exact) mass is 553 g/mol. The van der Waals surface area contributed by atoms with Gasteiger partial charge in [-0.3, -0.25) is 13.9 Å². The van der Waals surface area contributed by atoms with Crippen molar-refractivity contribution in [1.82, 2.24) is 10.2 Å². The van der Waals surface area contributed by atoms with E-state index in [1.54, 1.807) is 38.1 Å². The second-order valence-corrected chi connectivity index (χ2v) is 12.0. The second kappa shape index (κ2) is 12.4. The van der Waals surface area contributed by atoms with Crippen LogP contribution in [0, 0.1) is 26.6 Å². The Bertz CT molecular complexity index is 1420. The Morgan fingerprint density at radius 1 is 0.872 bits per heavy atom. The number of carbonyl (C=O) groups excluding carboxylic acids is 2. The van der Waals surface area contributed by atoms with Crippen molar-refractivity contribution >= 4 is 27.5 Å². The molecule has 3 aromatic rings. The molecular weight excluding hydrogens is 517 g/mol. The van der Waals surface area contributed by atoms with E-state index in [2.05, 4.69) is 5.32 Å². The van der Waals surface area contributed by atoms with Crippen LogP contribution in [0.15, 0.2) is 71.6 Å². The maximum absolute atomic E-state index is 13.9. The molecule has 0 saturated heterocycles. The van der Waals surface area contributed by atoms with Crippen molar-refractivity contribution in [3.05, 3.63) is 94.8 Å². The highest BCUT2D eigenvalue weighted by Crippen LogP contribution is 2.28. The van der Waals surface area contributed by atoms with Gasteiger partial charge in [0, 0.05) is 12.6 Å². The fraction of sp³-hybridized carbons (Fsp3) is 0.333. The lowest BCUT2D eigenvalue weighted by Crippen LogP contribution is -2.52. The molecule has 1 unspecified atom stereocenters. The predicted octanol–water partition coefficient (Wildman–Crippen LogP) is 4.89. The van der Waals surface area contributed by atoms with Crippen LogP contribution in [-0.4, -0.2) is 43.8 Å². The summed E-state index contributed by atoms with van der Waals surface area (Å²) >= 11 is 0. The zero-order valence-corrected chi connectivity index (χ0v) is 24.0. The third kappa shape index (κ3) is 7.44. The Labute approximate surface area is 230 Å². The summed E-state index contributed by atoms with van der Waals surface area (Å²) in [5, 5.41) is 2.81. The van der Waals surface area contributed by atoms with Crippen molar-refractivity contribution in [2.75, 3.05) is 10.8 Å². The molecule has 0 bridgehead atoms. The van der Waals surface area contributed by atoms with E-state index in [-0.39, 0.29) is 23.4 Å². The van der Waals surface area contributed by atoms with E-state index in [9.17, 15) is 22.4 Å². The fourth-order valence-electron chi connectivity index (χ4n) is 4.21. The van der Waals surface area contributed by atoms with Gasteiger partial charge >= 0.3 is 0 Å². The molecule has 0 saturated carbocycles. The van der Waals surface area contributed by atoms with Crippen molar-refractivity contribution in [1.29, 1.82) is 0 Å². The van der Waals surface area contributed by atoms with E-state index in [0.29, 0.717) is 16.8 Å². The zero-order valence-electron chi connectivity index (χ0n) is 23.2. The highest BCUT2D eigenvalue weighted by atomic mass is 32.2. The Morgan fingerprint density at radius 2 is 1.46 bits per heavy atom. The number of carbonyl (C=O) groups is 2. The number of nitrogens with zero attached hydrogens (tertiary/aromatic N) is 2. The normalized spacial score (nSPS) is 12.2. The molecule has 0 heterocycles. The molecule has 208 valence electrons. The molecule has 9 heteroatoms. The highest BCUT2D eigenvalue weighted by molar-refractivity contribution is 7.92. The molecule has 39 heavy (non-hydrogen) atoms. The van der Waals surface area contributed by atoms with Crippen LogP contribution in [0.3, 0.4) is 0 Å². The summed E-state index contributed by atoms with van der Waals surface area (Å²) in [6, 6.07) is 16.3. The van der Waals surface area contributed by atoms with E-state index in [1.807, 2.05) is 33.8 Å². The smallest absolute Gasteiger partial charge is 0.264 e. The molecule has 1 N–H and O–H groups in total. The number of nitrogens with one attached hydrogen (secondary N) is 1. The molecule has 3 aromatic carbocycles. The van der Waals surface area contributed by atoms with Crippen LogP contribution >= 0.6 is 0 Å². The van der Waals surface area contributed by atoms with Crippen LogP contribution < -0.4 is 9.62 Å². The molecule has 0 aliphatic heterocycles. The Morgan fingerprint density at radius 3 is 2.03 bits per heavy atom. The van der Waals surface area contributed by atoms with Gasteiger partial charge in [-0.25, -0.2) is 12.8 Å². The average Bonchev–Trinajstić information content (AvgIpc) is 2.86. The molecule has 0 aliphatic rings. The summed E-state index contributed by atoms with van der Waals surface area (Å²) in [5.41, 5.74) is 3.52. The fourth-order valence-corrected chi connectivity index (χ4v) is 5.69. The predicted molar refractivity (Wildman–Crippen MR) is 151 cm³/mol. The average molecular weight is 554 g/mol.